The molecule has 0 heterocycles. The van der Waals surface area contributed by atoms with E-state index in [1.165, 1.54) is 0 Å². The minimum Gasteiger partial charge on any atom is -0.493 e. The molecule has 0 aromatic heterocycles. The monoisotopic (exact) mass is 298 g/mol. The molecular formula is C15H28N3O3+. The van der Waals surface area contributed by atoms with Gasteiger partial charge in [-0.1, -0.05) is 0 Å². The van der Waals surface area contributed by atoms with Gasteiger partial charge in [-0.05, 0) is 25.9 Å². The van der Waals surface area contributed by atoms with Crippen LogP contribution in [0.1, 0.15) is 19.3 Å². The maximum Gasteiger partial charge on any atom is 0.126 e. The quantitative estimate of drug-likeness (QED) is 0.476. The molecule has 0 amide bonds. The Morgan fingerprint density at radius 3 is 1.43 bits per heavy atom. The zero-order chi connectivity index (χ0) is 15.3. The topological polar surface area (TPSA) is 107 Å². The maximum absolute atomic E-state index is 5.69. The summed E-state index contributed by atoms with van der Waals surface area (Å²) < 4.78 is 17.0. The van der Waals surface area contributed by atoms with Crippen molar-refractivity contribution in [1.29, 1.82) is 0 Å². The Hall–Kier alpha value is -1.50. The molecule has 1 rings (SSSR count). The lowest BCUT2D eigenvalue weighted by atomic mass is 10.3. The average molecular weight is 298 g/mol. The molecule has 0 fully saturated rings. The Balaban J connectivity index is 2.65. The van der Waals surface area contributed by atoms with Crippen LogP contribution in [0, 0.1) is 0 Å². The van der Waals surface area contributed by atoms with E-state index in [-0.39, 0.29) is 0 Å². The van der Waals surface area contributed by atoms with Gasteiger partial charge in [0.2, 0.25) is 0 Å². The Kier molecular flexibility index (Phi) is 9.35. The molecule has 6 heteroatoms. The van der Waals surface area contributed by atoms with Gasteiger partial charge in [-0.2, -0.15) is 0 Å². The van der Waals surface area contributed by atoms with E-state index in [2.05, 4.69) is 5.73 Å². The van der Waals surface area contributed by atoms with Gasteiger partial charge in [-0.3, -0.25) is 0 Å². The third-order valence-corrected chi connectivity index (χ3v) is 2.75. The van der Waals surface area contributed by atoms with E-state index < -0.39 is 0 Å². The van der Waals surface area contributed by atoms with Crippen LogP contribution < -0.4 is 31.4 Å². The second-order valence-corrected chi connectivity index (χ2v) is 4.68. The lowest BCUT2D eigenvalue weighted by Crippen LogP contribution is -2.50. The van der Waals surface area contributed by atoms with Gasteiger partial charge in [0.25, 0.3) is 0 Å². The molecule has 0 aliphatic rings. The van der Waals surface area contributed by atoms with Gasteiger partial charge >= 0.3 is 0 Å². The Morgan fingerprint density at radius 1 is 0.714 bits per heavy atom. The molecular weight excluding hydrogens is 270 g/mol. The first-order valence-corrected chi connectivity index (χ1v) is 7.53. The minimum atomic E-state index is 0.584. The number of hydrogen-bond donors (Lipinski definition) is 3. The summed E-state index contributed by atoms with van der Waals surface area (Å²) in [6, 6.07) is 5.60. The van der Waals surface area contributed by atoms with Gasteiger partial charge in [0.1, 0.15) is 17.2 Å². The highest BCUT2D eigenvalue weighted by molar-refractivity contribution is 5.42. The van der Waals surface area contributed by atoms with Crippen molar-refractivity contribution in [2.24, 2.45) is 11.5 Å². The van der Waals surface area contributed by atoms with Crippen LogP contribution in [0.4, 0.5) is 0 Å². The summed E-state index contributed by atoms with van der Waals surface area (Å²) in [5.41, 5.74) is 14.7. The summed E-state index contributed by atoms with van der Waals surface area (Å²) in [6.45, 7) is 3.88. The third kappa shape index (κ3) is 7.75. The van der Waals surface area contributed by atoms with Crippen LogP contribution in [-0.2, 0) is 0 Å². The fourth-order valence-corrected chi connectivity index (χ4v) is 1.63. The van der Waals surface area contributed by atoms with Crippen LogP contribution >= 0.6 is 0 Å². The number of nitrogens with two attached hydrogens (primary N) is 2. The van der Waals surface area contributed by atoms with Gasteiger partial charge < -0.3 is 31.4 Å². The van der Waals surface area contributed by atoms with Crippen molar-refractivity contribution in [3.05, 3.63) is 18.2 Å². The van der Waals surface area contributed by atoms with Crippen molar-refractivity contribution in [3.63, 3.8) is 0 Å². The second kappa shape index (κ2) is 11.2. The first-order valence-electron chi connectivity index (χ1n) is 7.53. The molecule has 21 heavy (non-hydrogen) atoms. The molecule has 0 aliphatic heterocycles. The predicted molar refractivity (Wildman–Crippen MR) is 82.6 cm³/mol. The largest absolute Gasteiger partial charge is 0.493 e. The van der Waals surface area contributed by atoms with E-state index in [1.807, 2.05) is 18.2 Å². The van der Waals surface area contributed by atoms with E-state index in [0.717, 1.165) is 43.1 Å². The Morgan fingerprint density at radius 2 is 1.10 bits per heavy atom. The number of ether oxygens (including phenoxy) is 3. The number of benzene rings is 1. The highest BCUT2D eigenvalue weighted by atomic mass is 16.5. The highest BCUT2D eigenvalue weighted by Crippen LogP contribution is 2.28. The standard InChI is InChI=1S/C15H27N3O3/c16-4-1-7-19-13-10-14(20-8-2-5-17)12-15(11-13)21-9-3-6-18/h10-12H,1-9,16-18H2/p+1. The van der Waals surface area contributed by atoms with E-state index in [4.69, 9.17) is 25.7 Å². The molecule has 1 aromatic carbocycles. The number of quaternary nitrogens is 1. The van der Waals surface area contributed by atoms with E-state index >= 15 is 0 Å². The Bertz CT molecular complexity index is 319. The van der Waals surface area contributed by atoms with Gasteiger partial charge in [-0.25, -0.2) is 0 Å². The van der Waals surface area contributed by atoms with Gasteiger partial charge in [0, 0.05) is 24.6 Å². The lowest BCUT2D eigenvalue weighted by molar-refractivity contribution is -0.368. The summed E-state index contributed by atoms with van der Waals surface area (Å²) in [7, 11) is 0. The fraction of sp³-hybridized carbons (Fsp3) is 0.600. The van der Waals surface area contributed by atoms with E-state index in [0.29, 0.717) is 32.9 Å². The number of rotatable bonds is 12. The summed E-state index contributed by atoms with van der Waals surface area (Å²) in [4.78, 5) is 0. The van der Waals surface area contributed by atoms with Crippen LogP contribution in [0.25, 0.3) is 0 Å². The first kappa shape index (κ1) is 17.6. The second-order valence-electron chi connectivity index (χ2n) is 4.68. The van der Waals surface area contributed by atoms with Gasteiger partial charge in [0.05, 0.1) is 26.4 Å². The lowest BCUT2D eigenvalue weighted by Gasteiger charge is -2.13. The summed E-state index contributed by atoms with van der Waals surface area (Å²) in [6.07, 6.45) is 2.55. The van der Waals surface area contributed by atoms with Crippen LogP contribution in [0.15, 0.2) is 18.2 Å². The number of hydrogen-bond acceptors (Lipinski definition) is 5. The Labute approximate surface area is 126 Å². The van der Waals surface area contributed by atoms with Crippen molar-refractivity contribution in [2.45, 2.75) is 19.3 Å². The predicted octanol–water partition coefficient (Wildman–Crippen LogP) is 0.153. The highest BCUT2D eigenvalue weighted by Gasteiger charge is 2.05. The van der Waals surface area contributed by atoms with Crippen LogP contribution in [0.2, 0.25) is 0 Å². The molecule has 0 spiro atoms. The fourth-order valence-electron chi connectivity index (χ4n) is 1.63. The average Bonchev–Trinajstić information content (AvgIpc) is 2.48. The zero-order valence-corrected chi connectivity index (χ0v) is 12.7. The van der Waals surface area contributed by atoms with Gasteiger partial charge in [0.15, 0.2) is 0 Å². The molecule has 0 unspecified atom stereocenters. The van der Waals surface area contributed by atoms with Crippen LogP contribution in [0.5, 0.6) is 17.2 Å². The van der Waals surface area contributed by atoms with E-state index in [9.17, 15) is 0 Å². The summed E-state index contributed by atoms with van der Waals surface area (Å²) in [5.74, 6) is 2.22. The molecule has 120 valence electrons. The molecule has 0 aliphatic carbocycles. The summed E-state index contributed by atoms with van der Waals surface area (Å²) >= 11 is 0. The SMILES string of the molecule is NCCCOc1cc(OCCCN)cc(OCCC[NH3+])c1. The summed E-state index contributed by atoms with van der Waals surface area (Å²) in [5, 5.41) is 0. The van der Waals surface area contributed by atoms with Crippen LogP contribution in [-0.4, -0.2) is 39.5 Å². The molecule has 0 saturated carbocycles. The molecule has 1 aromatic rings. The molecule has 0 atom stereocenters. The molecule has 0 bridgehead atoms. The smallest absolute Gasteiger partial charge is 0.126 e. The van der Waals surface area contributed by atoms with Crippen molar-refractivity contribution < 1.29 is 19.9 Å². The van der Waals surface area contributed by atoms with Crippen molar-refractivity contribution in [1.82, 2.24) is 0 Å². The van der Waals surface area contributed by atoms with Crippen LogP contribution in [0.3, 0.4) is 0 Å². The van der Waals surface area contributed by atoms with Crippen molar-refractivity contribution in [2.75, 3.05) is 39.5 Å². The molecule has 6 nitrogen and oxygen atoms in total. The first-order chi connectivity index (χ1) is 10.3. The van der Waals surface area contributed by atoms with E-state index in [1.54, 1.807) is 0 Å². The van der Waals surface area contributed by atoms with Crippen molar-refractivity contribution >= 4 is 0 Å². The zero-order valence-electron chi connectivity index (χ0n) is 12.7. The molecule has 0 radical (unpaired) electrons. The molecule has 7 N–H and O–H groups in total. The van der Waals surface area contributed by atoms with Gasteiger partial charge in [-0.15, -0.1) is 0 Å². The maximum atomic E-state index is 5.69. The molecule has 0 saturated heterocycles. The minimum absolute atomic E-state index is 0.584. The third-order valence-electron chi connectivity index (χ3n) is 2.75. The van der Waals surface area contributed by atoms with Crippen molar-refractivity contribution in [3.8, 4) is 17.2 Å². The normalized spacial score (nSPS) is 10.4.